The molecular weight excluding hydrogens is 390 g/mol. The first-order chi connectivity index (χ1) is 14.5. The SMILES string of the molecule is COc1ccc(OCC(=O)NN=C(C)CC(=O)Nc2ccc3c(c2)OCCO3)cc1. The summed E-state index contributed by atoms with van der Waals surface area (Å²) in [4.78, 5) is 24.0. The molecule has 0 saturated heterocycles. The topological polar surface area (TPSA) is 107 Å². The van der Waals surface area contributed by atoms with Crippen molar-refractivity contribution in [1.29, 1.82) is 0 Å². The maximum absolute atomic E-state index is 12.2. The second-order valence-electron chi connectivity index (χ2n) is 6.43. The van der Waals surface area contributed by atoms with Crippen LogP contribution in [0, 0.1) is 0 Å². The summed E-state index contributed by atoms with van der Waals surface area (Å²) in [7, 11) is 1.57. The lowest BCUT2D eigenvalue weighted by molar-refractivity contribution is -0.123. The van der Waals surface area contributed by atoms with E-state index in [1.807, 2.05) is 0 Å². The van der Waals surface area contributed by atoms with Crippen LogP contribution in [0.4, 0.5) is 5.69 Å². The van der Waals surface area contributed by atoms with Gasteiger partial charge < -0.3 is 24.3 Å². The Kier molecular flexibility index (Phi) is 7.09. The second-order valence-corrected chi connectivity index (χ2v) is 6.43. The molecule has 0 saturated carbocycles. The van der Waals surface area contributed by atoms with Crippen molar-refractivity contribution in [2.45, 2.75) is 13.3 Å². The summed E-state index contributed by atoms with van der Waals surface area (Å²) in [5, 5.41) is 6.69. The fraction of sp³-hybridized carbons (Fsp3) is 0.286. The van der Waals surface area contributed by atoms with Crippen LogP contribution in [0.5, 0.6) is 23.0 Å². The minimum absolute atomic E-state index is 0.0219. The maximum Gasteiger partial charge on any atom is 0.277 e. The number of amides is 2. The van der Waals surface area contributed by atoms with Crippen molar-refractivity contribution in [3.63, 3.8) is 0 Å². The lowest BCUT2D eigenvalue weighted by Crippen LogP contribution is -2.26. The van der Waals surface area contributed by atoms with Crippen LogP contribution in [0.1, 0.15) is 13.3 Å². The number of nitrogens with one attached hydrogen (secondary N) is 2. The lowest BCUT2D eigenvalue weighted by atomic mass is 10.2. The molecule has 1 aliphatic heterocycles. The van der Waals surface area contributed by atoms with Crippen LogP contribution in [0.25, 0.3) is 0 Å². The van der Waals surface area contributed by atoms with E-state index in [0.29, 0.717) is 47.6 Å². The lowest BCUT2D eigenvalue weighted by Gasteiger charge is -2.19. The number of methoxy groups -OCH3 is 1. The molecule has 0 spiro atoms. The summed E-state index contributed by atoms with van der Waals surface area (Å²) in [6.45, 7) is 2.42. The monoisotopic (exact) mass is 413 g/mol. The molecule has 2 amide bonds. The summed E-state index contributed by atoms with van der Waals surface area (Å²) in [6, 6.07) is 12.0. The molecule has 2 aromatic carbocycles. The first-order valence-electron chi connectivity index (χ1n) is 9.32. The number of rotatable bonds is 8. The number of fused-ring (bicyclic) bond motifs is 1. The van der Waals surface area contributed by atoms with E-state index in [9.17, 15) is 9.59 Å². The number of carbonyl (C=O) groups is 2. The normalized spacial score (nSPS) is 12.7. The molecule has 9 nitrogen and oxygen atoms in total. The number of hydrogen-bond acceptors (Lipinski definition) is 7. The highest BCUT2D eigenvalue weighted by Gasteiger charge is 2.13. The van der Waals surface area contributed by atoms with E-state index in [0.717, 1.165) is 0 Å². The summed E-state index contributed by atoms with van der Waals surface area (Å²) in [5.41, 5.74) is 3.41. The van der Waals surface area contributed by atoms with Crippen molar-refractivity contribution in [1.82, 2.24) is 5.43 Å². The largest absolute Gasteiger partial charge is 0.497 e. The summed E-state index contributed by atoms with van der Waals surface area (Å²) < 4.78 is 21.4. The predicted molar refractivity (Wildman–Crippen MR) is 110 cm³/mol. The standard InChI is InChI=1S/C21H23N3O6/c1-14(23-24-21(26)13-30-17-6-4-16(27-2)5-7-17)11-20(25)22-15-3-8-18-19(12-15)29-10-9-28-18/h3-8,12H,9-11,13H2,1-2H3,(H,22,25)(H,24,26). The Morgan fingerprint density at radius 3 is 2.43 bits per heavy atom. The van der Waals surface area contributed by atoms with E-state index < -0.39 is 5.91 Å². The van der Waals surface area contributed by atoms with Crippen LogP contribution in [-0.2, 0) is 9.59 Å². The van der Waals surface area contributed by atoms with Crippen molar-refractivity contribution in [2.24, 2.45) is 5.10 Å². The van der Waals surface area contributed by atoms with Crippen molar-refractivity contribution >= 4 is 23.2 Å². The summed E-state index contributed by atoms with van der Waals surface area (Å²) >= 11 is 0. The van der Waals surface area contributed by atoms with Gasteiger partial charge in [0.15, 0.2) is 18.1 Å². The van der Waals surface area contributed by atoms with Gasteiger partial charge in [0.05, 0.1) is 13.5 Å². The Morgan fingerprint density at radius 1 is 1.00 bits per heavy atom. The van der Waals surface area contributed by atoms with Gasteiger partial charge in [-0.25, -0.2) is 5.43 Å². The van der Waals surface area contributed by atoms with Gasteiger partial charge in [0.1, 0.15) is 24.7 Å². The molecule has 0 unspecified atom stereocenters. The summed E-state index contributed by atoms with van der Waals surface area (Å²) in [5.74, 6) is 1.77. The quantitative estimate of drug-likeness (QED) is 0.508. The number of benzene rings is 2. The van der Waals surface area contributed by atoms with E-state index >= 15 is 0 Å². The number of anilines is 1. The highest BCUT2D eigenvalue weighted by atomic mass is 16.6. The molecule has 0 aromatic heterocycles. The molecule has 2 aromatic rings. The number of ether oxygens (including phenoxy) is 4. The van der Waals surface area contributed by atoms with Crippen LogP contribution >= 0.6 is 0 Å². The van der Waals surface area contributed by atoms with Gasteiger partial charge in [0.2, 0.25) is 5.91 Å². The van der Waals surface area contributed by atoms with Crippen molar-refractivity contribution < 1.29 is 28.5 Å². The van der Waals surface area contributed by atoms with Crippen molar-refractivity contribution in [3.8, 4) is 23.0 Å². The average molecular weight is 413 g/mol. The van der Waals surface area contributed by atoms with E-state index in [1.54, 1.807) is 56.5 Å². The number of hydrazone groups is 1. The molecule has 3 rings (SSSR count). The van der Waals surface area contributed by atoms with Gasteiger partial charge in [-0.05, 0) is 43.3 Å². The number of hydrogen-bond donors (Lipinski definition) is 2. The molecule has 0 radical (unpaired) electrons. The molecule has 2 N–H and O–H groups in total. The highest BCUT2D eigenvalue weighted by Crippen LogP contribution is 2.32. The zero-order valence-electron chi connectivity index (χ0n) is 16.8. The maximum atomic E-state index is 12.2. The average Bonchev–Trinajstić information content (AvgIpc) is 2.76. The van der Waals surface area contributed by atoms with Crippen LogP contribution in [0.15, 0.2) is 47.6 Å². The van der Waals surface area contributed by atoms with Gasteiger partial charge in [-0.1, -0.05) is 0 Å². The van der Waals surface area contributed by atoms with Gasteiger partial charge in [0, 0.05) is 17.5 Å². The highest BCUT2D eigenvalue weighted by molar-refractivity contribution is 6.05. The van der Waals surface area contributed by atoms with Crippen LogP contribution in [0.2, 0.25) is 0 Å². The van der Waals surface area contributed by atoms with E-state index in [1.165, 1.54) is 0 Å². The molecule has 0 aliphatic carbocycles. The Balaban J connectivity index is 1.42. The molecule has 30 heavy (non-hydrogen) atoms. The van der Waals surface area contributed by atoms with Crippen LogP contribution < -0.4 is 29.7 Å². The fourth-order valence-corrected chi connectivity index (χ4v) is 2.61. The Labute approximate surface area is 174 Å². The van der Waals surface area contributed by atoms with Gasteiger partial charge in [-0.15, -0.1) is 0 Å². The van der Waals surface area contributed by atoms with Gasteiger partial charge in [0.25, 0.3) is 5.91 Å². The second kappa shape index (κ2) is 10.1. The first-order valence-corrected chi connectivity index (χ1v) is 9.32. The molecular formula is C21H23N3O6. The zero-order chi connectivity index (χ0) is 21.3. The van der Waals surface area contributed by atoms with Gasteiger partial charge >= 0.3 is 0 Å². The third kappa shape index (κ3) is 6.13. The molecule has 9 heteroatoms. The fourth-order valence-electron chi connectivity index (χ4n) is 2.61. The Hall–Kier alpha value is -3.75. The molecule has 0 atom stereocenters. The smallest absolute Gasteiger partial charge is 0.277 e. The predicted octanol–water partition coefficient (Wildman–Crippen LogP) is 2.37. The third-order valence-corrected chi connectivity index (χ3v) is 4.04. The Bertz CT molecular complexity index is 927. The van der Waals surface area contributed by atoms with Crippen LogP contribution in [0.3, 0.4) is 0 Å². The zero-order valence-corrected chi connectivity index (χ0v) is 16.8. The molecule has 158 valence electrons. The third-order valence-electron chi connectivity index (χ3n) is 4.04. The number of carbonyl (C=O) groups excluding carboxylic acids is 2. The summed E-state index contributed by atoms with van der Waals surface area (Å²) in [6.07, 6.45) is 0.0219. The minimum Gasteiger partial charge on any atom is -0.497 e. The van der Waals surface area contributed by atoms with Gasteiger partial charge in [-0.2, -0.15) is 5.10 Å². The molecule has 1 heterocycles. The first kappa shape index (κ1) is 21.0. The Morgan fingerprint density at radius 2 is 1.70 bits per heavy atom. The van der Waals surface area contributed by atoms with E-state index in [-0.39, 0.29) is 18.9 Å². The van der Waals surface area contributed by atoms with E-state index in [4.69, 9.17) is 18.9 Å². The molecule has 0 bridgehead atoms. The van der Waals surface area contributed by atoms with Crippen molar-refractivity contribution in [2.75, 3.05) is 32.2 Å². The van der Waals surface area contributed by atoms with E-state index in [2.05, 4.69) is 15.8 Å². The van der Waals surface area contributed by atoms with Crippen LogP contribution in [-0.4, -0.2) is 44.5 Å². The number of nitrogens with zero attached hydrogens (tertiary/aromatic N) is 1. The van der Waals surface area contributed by atoms with Crippen molar-refractivity contribution in [3.05, 3.63) is 42.5 Å². The minimum atomic E-state index is -0.433. The van der Waals surface area contributed by atoms with Gasteiger partial charge in [-0.3, -0.25) is 9.59 Å². The molecule has 1 aliphatic rings. The molecule has 0 fully saturated rings.